The molecule has 0 bridgehead atoms. The van der Waals surface area contributed by atoms with E-state index in [-0.39, 0.29) is 29.3 Å². The van der Waals surface area contributed by atoms with Crippen molar-refractivity contribution in [3.8, 4) is 0 Å². The van der Waals surface area contributed by atoms with Crippen LogP contribution in [0.15, 0.2) is 47.4 Å². The molecule has 2 heterocycles. The highest BCUT2D eigenvalue weighted by Gasteiger charge is 2.40. The SMILES string of the molecule is Cc1ccc(CNC(=O)CN2C(=O)[C@H]3CCCCN3c3ccc(S(=O)(=O)N(C)C)cc32)cc1. The fourth-order valence-electron chi connectivity index (χ4n) is 4.38. The van der Waals surface area contributed by atoms with E-state index in [0.29, 0.717) is 12.2 Å². The van der Waals surface area contributed by atoms with Gasteiger partial charge < -0.3 is 10.2 Å². The van der Waals surface area contributed by atoms with Gasteiger partial charge in [-0.1, -0.05) is 29.8 Å². The van der Waals surface area contributed by atoms with Crippen LogP contribution in [0.3, 0.4) is 0 Å². The summed E-state index contributed by atoms with van der Waals surface area (Å²) in [7, 11) is -0.744. The lowest BCUT2D eigenvalue weighted by Gasteiger charge is -2.45. The maximum absolute atomic E-state index is 13.4. The topological polar surface area (TPSA) is 90.0 Å². The molecular formula is C24H30N4O4S. The zero-order valence-electron chi connectivity index (χ0n) is 19.2. The van der Waals surface area contributed by atoms with Gasteiger partial charge in [-0.05, 0) is 49.9 Å². The third-order valence-electron chi connectivity index (χ3n) is 6.29. The summed E-state index contributed by atoms with van der Waals surface area (Å²) < 4.78 is 26.6. The molecule has 2 amide bonds. The van der Waals surface area contributed by atoms with Crippen molar-refractivity contribution in [2.75, 3.05) is 37.0 Å². The van der Waals surface area contributed by atoms with Crippen molar-refractivity contribution >= 4 is 33.2 Å². The summed E-state index contributed by atoms with van der Waals surface area (Å²) in [6.07, 6.45) is 2.64. The number of aryl methyl sites for hydroxylation is 1. The lowest BCUT2D eigenvalue weighted by atomic mass is 9.96. The monoisotopic (exact) mass is 470 g/mol. The number of hydrogen-bond donors (Lipinski definition) is 1. The first kappa shape index (κ1) is 23.3. The number of sulfonamides is 1. The molecule has 33 heavy (non-hydrogen) atoms. The number of nitrogens with zero attached hydrogens (tertiary/aromatic N) is 3. The van der Waals surface area contributed by atoms with Crippen LogP contribution in [-0.4, -0.2) is 57.8 Å². The summed E-state index contributed by atoms with van der Waals surface area (Å²) in [6, 6.07) is 12.4. The maximum atomic E-state index is 13.4. The van der Waals surface area contributed by atoms with Gasteiger partial charge in [-0.3, -0.25) is 14.5 Å². The number of carbonyl (C=O) groups is 2. The van der Waals surface area contributed by atoms with E-state index >= 15 is 0 Å². The molecule has 0 aliphatic carbocycles. The predicted octanol–water partition coefficient (Wildman–Crippen LogP) is 2.27. The Kier molecular flexibility index (Phi) is 6.45. The fourth-order valence-corrected chi connectivity index (χ4v) is 5.30. The Morgan fingerprint density at radius 3 is 2.52 bits per heavy atom. The summed E-state index contributed by atoms with van der Waals surface area (Å²) in [5.74, 6) is -0.452. The Labute approximate surface area is 195 Å². The summed E-state index contributed by atoms with van der Waals surface area (Å²) in [5, 5.41) is 2.88. The first-order chi connectivity index (χ1) is 15.7. The van der Waals surface area contributed by atoms with E-state index in [4.69, 9.17) is 0 Å². The van der Waals surface area contributed by atoms with E-state index in [2.05, 4.69) is 5.32 Å². The minimum Gasteiger partial charge on any atom is -0.358 e. The van der Waals surface area contributed by atoms with Crippen molar-refractivity contribution in [2.45, 2.75) is 43.7 Å². The van der Waals surface area contributed by atoms with Gasteiger partial charge in [0.1, 0.15) is 12.6 Å². The zero-order valence-corrected chi connectivity index (χ0v) is 20.1. The molecule has 9 heteroatoms. The van der Waals surface area contributed by atoms with E-state index in [9.17, 15) is 18.0 Å². The Morgan fingerprint density at radius 2 is 1.82 bits per heavy atom. The van der Waals surface area contributed by atoms with Gasteiger partial charge in [0.2, 0.25) is 21.8 Å². The van der Waals surface area contributed by atoms with Gasteiger partial charge >= 0.3 is 0 Å². The number of benzene rings is 2. The number of fused-ring (bicyclic) bond motifs is 3. The molecule has 0 unspecified atom stereocenters. The maximum Gasteiger partial charge on any atom is 0.250 e. The average molecular weight is 471 g/mol. The zero-order chi connectivity index (χ0) is 23.8. The van der Waals surface area contributed by atoms with Crippen LogP contribution in [0.25, 0.3) is 0 Å². The van der Waals surface area contributed by atoms with E-state index in [1.54, 1.807) is 12.1 Å². The van der Waals surface area contributed by atoms with Gasteiger partial charge in [-0.2, -0.15) is 0 Å². The van der Waals surface area contributed by atoms with Crippen LogP contribution in [0.5, 0.6) is 0 Å². The molecule has 0 aromatic heterocycles. The molecule has 2 aromatic rings. The summed E-state index contributed by atoms with van der Waals surface area (Å²) in [5.41, 5.74) is 3.37. The molecule has 2 aliphatic heterocycles. The number of rotatable bonds is 6. The van der Waals surface area contributed by atoms with Crippen LogP contribution in [0.2, 0.25) is 0 Å². The Bertz CT molecular complexity index is 1160. The highest BCUT2D eigenvalue weighted by Crippen LogP contribution is 2.40. The average Bonchev–Trinajstić information content (AvgIpc) is 2.81. The van der Waals surface area contributed by atoms with Crippen LogP contribution in [-0.2, 0) is 26.2 Å². The first-order valence-electron chi connectivity index (χ1n) is 11.2. The quantitative estimate of drug-likeness (QED) is 0.700. The van der Waals surface area contributed by atoms with Gasteiger partial charge in [0.05, 0.1) is 16.3 Å². The molecule has 1 N–H and O–H groups in total. The molecule has 0 saturated carbocycles. The summed E-state index contributed by atoms with van der Waals surface area (Å²) in [6.45, 7) is 2.93. The molecule has 0 radical (unpaired) electrons. The molecule has 1 atom stereocenters. The molecule has 2 aliphatic rings. The number of anilines is 2. The lowest BCUT2D eigenvalue weighted by Crippen LogP contribution is -2.57. The van der Waals surface area contributed by atoms with Crippen molar-refractivity contribution in [3.63, 3.8) is 0 Å². The molecule has 2 aromatic carbocycles. The van der Waals surface area contributed by atoms with Crippen molar-refractivity contribution in [1.82, 2.24) is 9.62 Å². The Balaban J connectivity index is 1.63. The molecule has 1 saturated heterocycles. The second-order valence-corrected chi connectivity index (χ2v) is 11.0. The van der Waals surface area contributed by atoms with Gasteiger partial charge in [-0.15, -0.1) is 0 Å². The van der Waals surface area contributed by atoms with Gasteiger partial charge in [0.25, 0.3) is 0 Å². The molecule has 4 rings (SSSR count). The van der Waals surface area contributed by atoms with Gasteiger partial charge in [-0.25, -0.2) is 12.7 Å². The highest BCUT2D eigenvalue weighted by atomic mass is 32.2. The third kappa shape index (κ3) is 4.60. The number of nitrogens with one attached hydrogen (secondary N) is 1. The smallest absolute Gasteiger partial charge is 0.250 e. The fraction of sp³-hybridized carbons (Fsp3) is 0.417. The molecule has 176 valence electrons. The lowest BCUT2D eigenvalue weighted by molar-refractivity contribution is -0.125. The van der Waals surface area contributed by atoms with Gasteiger partial charge in [0, 0.05) is 27.2 Å². The van der Waals surface area contributed by atoms with Crippen molar-refractivity contribution in [2.24, 2.45) is 0 Å². The van der Waals surface area contributed by atoms with Crippen LogP contribution >= 0.6 is 0 Å². The van der Waals surface area contributed by atoms with Crippen LogP contribution in [0.4, 0.5) is 11.4 Å². The van der Waals surface area contributed by atoms with Gasteiger partial charge in [0.15, 0.2) is 0 Å². The van der Waals surface area contributed by atoms with E-state index in [0.717, 1.165) is 46.9 Å². The first-order valence-corrected chi connectivity index (χ1v) is 12.6. The number of amides is 2. The normalized spacial score (nSPS) is 18.2. The minimum absolute atomic E-state index is 0.0968. The summed E-state index contributed by atoms with van der Waals surface area (Å²) in [4.78, 5) is 29.8. The summed E-state index contributed by atoms with van der Waals surface area (Å²) >= 11 is 0. The number of piperidine rings is 1. The Morgan fingerprint density at radius 1 is 1.09 bits per heavy atom. The Hall–Kier alpha value is -2.91. The highest BCUT2D eigenvalue weighted by molar-refractivity contribution is 7.89. The minimum atomic E-state index is -3.68. The van der Waals surface area contributed by atoms with Crippen molar-refractivity contribution < 1.29 is 18.0 Å². The number of hydrogen-bond acceptors (Lipinski definition) is 5. The predicted molar refractivity (Wildman–Crippen MR) is 128 cm³/mol. The van der Waals surface area contributed by atoms with Crippen LogP contribution in [0, 0.1) is 6.92 Å². The largest absolute Gasteiger partial charge is 0.358 e. The second kappa shape index (κ2) is 9.15. The van der Waals surface area contributed by atoms with E-state index in [1.807, 2.05) is 36.1 Å². The molecular weight excluding hydrogens is 440 g/mol. The van der Waals surface area contributed by atoms with E-state index in [1.165, 1.54) is 25.1 Å². The van der Waals surface area contributed by atoms with Crippen molar-refractivity contribution in [3.05, 3.63) is 53.6 Å². The third-order valence-corrected chi connectivity index (χ3v) is 8.10. The standard InChI is InChI=1S/C24H30N4O4S/c1-17-7-9-18(10-8-17)15-25-23(29)16-28-22-14-19(33(31,32)26(2)3)11-12-20(22)27-13-5-4-6-21(27)24(28)30/h7-12,14,21H,4-6,13,15-16H2,1-3H3,(H,25,29)/t21-/m1/s1. The molecule has 1 fully saturated rings. The van der Waals surface area contributed by atoms with Crippen LogP contribution < -0.4 is 15.1 Å². The second-order valence-electron chi connectivity index (χ2n) is 8.83. The number of carbonyl (C=O) groups excluding carboxylic acids is 2. The van der Waals surface area contributed by atoms with Crippen LogP contribution in [0.1, 0.15) is 30.4 Å². The molecule has 0 spiro atoms. The molecule has 8 nitrogen and oxygen atoms in total. The van der Waals surface area contributed by atoms with Crippen molar-refractivity contribution in [1.29, 1.82) is 0 Å². The van der Waals surface area contributed by atoms with E-state index < -0.39 is 10.0 Å².